The number of benzene rings is 1. The van der Waals surface area contributed by atoms with Crippen molar-refractivity contribution in [3.8, 4) is 0 Å². The van der Waals surface area contributed by atoms with E-state index in [0.717, 1.165) is 4.90 Å². The standard InChI is InChI=1S/C16H18FN3O4/c1-10(2)8-19-14(22)15(23)20(16(19)24)9-13(21)18-7-11-5-3-4-6-12(11)17/h3-6,10H,7-9H2,1-2H3,(H,18,21). The van der Waals surface area contributed by atoms with Crippen LogP contribution in [0.2, 0.25) is 0 Å². The van der Waals surface area contributed by atoms with Gasteiger partial charge < -0.3 is 5.32 Å². The van der Waals surface area contributed by atoms with Crippen molar-refractivity contribution in [2.24, 2.45) is 5.92 Å². The van der Waals surface area contributed by atoms with Crippen molar-refractivity contribution in [2.45, 2.75) is 20.4 Å². The van der Waals surface area contributed by atoms with Crippen LogP contribution in [0.4, 0.5) is 9.18 Å². The number of urea groups is 1. The number of hydrogen-bond acceptors (Lipinski definition) is 4. The van der Waals surface area contributed by atoms with Crippen molar-refractivity contribution in [3.63, 3.8) is 0 Å². The molecule has 1 heterocycles. The lowest BCUT2D eigenvalue weighted by Gasteiger charge is -2.16. The Morgan fingerprint density at radius 3 is 2.38 bits per heavy atom. The van der Waals surface area contributed by atoms with Crippen LogP contribution in [0.5, 0.6) is 0 Å². The first-order valence-electron chi connectivity index (χ1n) is 7.48. The predicted molar refractivity (Wildman–Crippen MR) is 81.9 cm³/mol. The Balaban J connectivity index is 1.96. The second-order valence-electron chi connectivity index (χ2n) is 5.85. The van der Waals surface area contributed by atoms with Gasteiger partial charge in [0.25, 0.3) is 0 Å². The van der Waals surface area contributed by atoms with Crippen LogP contribution >= 0.6 is 0 Å². The van der Waals surface area contributed by atoms with E-state index in [2.05, 4.69) is 5.32 Å². The van der Waals surface area contributed by atoms with Crippen molar-refractivity contribution in [2.75, 3.05) is 13.1 Å². The Kier molecular flexibility index (Phi) is 5.28. The fourth-order valence-corrected chi connectivity index (χ4v) is 2.25. The molecule has 0 aromatic heterocycles. The van der Waals surface area contributed by atoms with Gasteiger partial charge in [0.05, 0.1) is 0 Å². The predicted octanol–water partition coefficient (Wildman–Crippen LogP) is 0.889. The Hall–Kier alpha value is -2.77. The van der Waals surface area contributed by atoms with E-state index in [-0.39, 0.29) is 24.6 Å². The highest BCUT2D eigenvalue weighted by Gasteiger charge is 2.45. The van der Waals surface area contributed by atoms with Gasteiger partial charge in [-0.25, -0.2) is 14.1 Å². The SMILES string of the molecule is CC(C)CN1C(=O)C(=O)N(CC(=O)NCc2ccccc2F)C1=O. The maximum Gasteiger partial charge on any atom is 0.334 e. The molecule has 1 aliphatic heterocycles. The average molecular weight is 335 g/mol. The number of nitrogens with one attached hydrogen (secondary N) is 1. The molecule has 0 saturated carbocycles. The number of carbonyl (C=O) groups is 4. The molecule has 128 valence electrons. The molecule has 1 aromatic carbocycles. The van der Waals surface area contributed by atoms with E-state index in [1.54, 1.807) is 19.9 Å². The summed E-state index contributed by atoms with van der Waals surface area (Å²) < 4.78 is 13.5. The van der Waals surface area contributed by atoms with Crippen LogP contribution in [0.15, 0.2) is 24.3 Å². The molecule has 1 aromatic rings. The molecular formula is C16H18FN3O4. The van der Waals surface area contributed by atoms with E-state index in [0.29, 0.717) is 4.90 Å². The quantitative estimate of drug-likeness (QED) is 0.618. The first-order chi connectivity index (χ1) is 11.3. The zero-order valence-electron chi connectivity index (χ0n) is 13.4. The van der Waals surface area contributed by atoms with E-state index >= 15 is 0 Å². The molecule has 1 saturated heterocycles. The maximum absolute atomic E-state index is 13.5. The van der Waals surface area contributed by atoms with Crippen LogP contribution in [0.1, 0.15) is 19.4 Å². The maximum atomic E-state index is 13.5. The number of nitrogens with zero attached hydrogens (tertiary/aromatic N) is 2. The van der Waals surface area contributed by atoms with E-state index < -0.39 is 36.1 Å². The molecule has 0 aliphatic carbocycles. The topological polar surface area (TPSA) is 86.8 Å². The van der Waals surface area contributed by atoms with Crippen LogP contribution in [-0.4, -0.2) is 46.6 Å². The molecule has 2 rings (SSSR count). The summed E-state index contributed by atoms with van der Waals surface area (Å²) in [5.74, 6) is -3.08. The Morgan fingerprint density at radius 1 is 1.12 bits per heavy atom. The molecular weight excluding hydrogens is 317 g/mol. The summed E-state index contributed by atoms with van der Waals surface area (Å²) in [6.07, 6.45) is 0. The summed E-state index contributed by atoms with van der Waals surface area (Å²) in [5.41, 5.74) is 0.280. The molecule has 5 amide bonds. The van der Waals surface area contributed by atoms with Gasteiger partial charge in [-0.15, -0.1) is 0 Å². The molecule has 1 aliphatic rings. The van der Waals surface area contributed by atoms with Gasteiger partial charge in [-0.1, -0.05) is 32.0 Å². The minimum Gasteiger partial charge on any atom is -0.350 e. The first kappa shape index (κ1) is 17.6. The van der Waals surface area contributed by atoms with Crippen LogP contribution in [0, 0.1) is 11.7 Å². The molecule has 0 atom stereocenters. The zero-order chi connectivity index (χ0) is 17.9. The highest BCUT2D eigenvalue weighted by molar-refractivity contribution is 6.45. The minimum absolute atomic E-state index is 0.000493. The largest absolute Gasteiger partial charge is 0.350 e. The van der Waals surface area contributed by atoms with Gasteiger partial charge in [-0.05, 0) is 12.0 Å². The van der Waals surface area contributed by atoms with Crippen molar-refractivity contribution in [3.05, 3.63) is 35.6 Å². The molecule has 0 spiro atoms. The monoisotopic (exact) mass is 335 g/mol. The number of carbonyl (C=O) groups excluding carboxylic acids is 4. The minimum atomic E-state index is -1.03. The van der Waals surface area contributed by atoms with Crippen LogP contribution in [-0.2, 0) is 20.9 Å². The smallest absolute Gasteiger partial charge is 0.334 e. The fourth-order valence-electron chi connectivity index (χ4n) is 2.25. The summed E-state index contributed by atoms with van der Waals surface area (Å²) in [4.78, 5) is 49.1. The van der Waals surface area contributed by atoms with E-state index in [1.165, 1.54) is 18.2 Å². The third kappa shape index (κ3) is 3.76. The summed E-state index contributed by atoms with van der Waals surface area (Å²) >= 11 is 0. The zero-order valence-corrected chi connectivity index (χ0v) is 13.4. The van der Waals surface area contributed by atoms with E-state index in [9.17, 15) is 23.6 Å². The van der Waals surface area contributed by atoms with E-state index in [4.69, 9.17) is 0 Å². The summed E-state index contributed by atoms with van der Waals surface area (Å²) in [6.45, 7) is 3.05. The number of imide groups is 2. The Labute approximate surface area is 138 Å². The van der Waals surface area contributed by atoms with Gasteiger partial charge in [-0.2, -0.15) is 0 Å². The average Bonchev–Trinajstić information content (AvgIpc) is 2.72. The number of rotatable bonds is 6. The van der Waals surface area contributed by atoms with Crippen molar-refractivity contribution in [1.29, 1.82) is 0 Å². The molecule has 0 radical (unpaired) electrons. The second kappa shape index (κ2) is 7.20. The van der Waals surface area contributed by atoms with Crippen molar-refractivity contribution >= 4 is 23.8 Å². The summed E-state index contributed by atoms with van der Waals surface area (Å²) in [5, 5.41) is 2.42. The molecule has 24 heavy (non-hydrogen) atoms. The molecule has 7 nitrogen and oxygen atoms in total. The molecule has 1 N–H and O–H groups in total. The molecule has 1 fully saturated rings. The van der Waals surface area contributed by atoms with Gasteiger partial charge in [0, 0.05) is 18.7 Å². The van der Waals surface area contributed by atoms with Crippen LogP contribution in [0.25, 0.3) is 0 Å². The van der Waals surface area contributed by atoms with E-state index in [1.807, 2.05) is 0 Å². The lowest BCUT2D eigenvalue weighted by molar-refractivity contribution is -0.144. The van der Waals surface area contributed by atoms with Crippen molar-refractivity contribution < 1.29 is 23.6 Å². The van der Waals surface area contributed by atoms with Crippen molar-refractivity contribution in [1.82, 2.24) is 15.1 Å². The van der Waals surface area contributed by atoms with Gasteiger partial charge in [-0.3, -0.25) is 19.3 Å². The lowest BCUT2D eigenvalue weighted by atomic mass is 10.2. The van der Waals surface area contributed by atoms with Gasteiger partial charge in [0.15, 0.2) is 0 Å². The third-order valence-corrected chi connectivity index (χ3v) is 3.42. The van der Waals surface area contributed by atoms with Gasteiger partial charge >= 0.3 is 17.8 Å². The molecule has 0 bridgehead atoms. The fraction of sp³-hybridized carbons (Fsp3) is 0.375. The number of amides is 5. The molecule has 0 unspecified atom stereocenters. The van der Waals surface area contributed by atoms with Gasteiger partial charge in [0.2, 0.25) is 5.91 Å². The summed E-state index contributed by atoms with van der Waals surface area (Å²) in [7, 11) is 0. The Morgan fingerprint density at radius 2 is 1.75 bits per heavy atom. The molecule has 8 heteroatoms. The number of halogens is 1. The lowest BCUT2D eigenvalue weighted by Crippen LogP contribution is -2.41. The van der Waals surface area contributed by atoms with Gasteiger partial charge in [0.1, 0.15) is 12.4 Å². The number of hydrogen-bond donors (Lipinski definition) is 1. The third-order valence-electron chi connectivity index (χ3n) is 3.42. The first-order valence-corrected chi connectivity index (χ1v) is 7.48. The van der Waals surface area contributed by atoms with Crippen LogP contribution in [0.3, 0.4) is 0 Å². The second-order valence-corrected chi connectivity index (χ2v) is 5.85. The Bertz CT molecular complexity index is 690. The van der Waals surface area contributed by atoms with Crippen LogP contribution < -0.4 is 5.32 Å². The highest BCUT2D eigenvalue weighted by atomic mass is 19.1. The normalized spacial score (nSPS) is 14.8. The summed E-state index contributed by atoms with van der Waals surface area (Å²) in [6, 6.07) is 5.12. The highest BCUT2D eigenvalue weighted by Crippen LogP contribution is 2.14.